The fourth-order valence-electron chi connectivity index (χ4n) is 2.37. The summed E-state index contributed by atoms with van der Waals surface area (Å²) < 4.78 is 16.0. The zero-order valence-electron chi connectivity index (χ0n) is 13.7. The standard InChI is InChI=1S/C19H16ClNO4/c1-23-15-4-5-16(18(11-15)24-2)21-19(22)12-7-8-25-17-6-3-14(20)10-13(17)9-12/h3-11H,1-2H3,(H,21,22). The predicted molar refractivity (Wildman–Crippen MR) is 97.4 cm³/mol. The van der Waals surface area contributed by atoms with Gasteiger partial charge in [-0.05, 0) is 42.5 Å². The van der Waals surface area contributed by atoms with Gasteiger partial charge < -0.3 is 19.5 Å². The van der Waals surface area contributed by atoms with Gasteiger partial charge in [-0.2, -0.15) is 0 Å². The molecule has 1 aliphatic rings. The van der Waals surface area contributed by atoms with Gasteiger partial charge in [-0.15, -0.1) is 0 Å². The fraction of sp³-hybridized carbons (Fsp3) is 0.105. The molecule has 0 aliphatic carbocycles. The second kappa shape index (κ2) is 7.32. The molecular weight excluding hydrogens is 342 g/mol. The summed E-state index contributed by atoms with van der Waals surface area (Å²) in [7, 11) is 3.10. The molecule has 128 valence electrons. The molecule has 0 unspecified atom stereocenters. The first-order chi connectivity index (χ1) is 12.1. The van der Waals surface area contributed by atoms with Crippen LogP contribution in [0.1, 0.15) is 5.56 Å². The van der Waals surface area contributed by atoms with E-state index in [2.05, 4.69) is 5.32 Å². The molecular formula is C19H16ClNO4. The summed E-state index contributed by atoms with van der Waals surface area (Å²) >= 11 is 6.02. The Hall–Kier alpha value is -2.92. The van der Waals surface area contributed by atoms with Crippen LogP contribution < -0.4 is 19.5 Å². The third-order valence-electron chi connectivity index (χ3n) is 3.64. The number of halogens is 1. The molecule has 3 rings (SSSR count). The lowest BCUT2D eigenvalue weighted by Crippen LogP contribution is -2.13. The number of amides is 1. The van der Waals surface area contributed by atoms with Gasteiger partial charge in [0, 0.05) is 22.2 Å². The smallest absolute Gasteiger partial charge is 0.255 e. The highest BCUT2D eigenvalue weighted by Crippen LogP contribution is 2.31. The first-order valence-corrected chi connectivity index (χ1v) is 7.86. The van der Waals surface area contributed by atoms with Crippen molar-refractivity contribution in [2.75, 3.05) is 19.5 Å². The largest absolute Gasteiger partial charge is 0.497 e. The fourth-order valence-corrected chi connectivity index (χ4v) is 2.55. The highest BCUT2D eigenvalue weighted by atomic mass is 35.5. The van der Waals surface area contributed by atoms with Crippen molar-refractivity contribution in [3.8, 4) is 17.2 Å². The molecule has 1 N–H and O–H groups in total. The topological polar surface area (TPSA) is 56.8 Å². The second-order valence-electron chi connectivity index (χ2n) is 5.22. The van der Waals surface area contributed by atoms with Gasteiger partial charge in [-0.3, -0.25) is 4.79 Å². The van der Waals surface area contributed by atoms with E-state index < -0.39 is 0 Å². The number of fused-ring (bicyclic) bond motifs is 1. The average molecular weight is 358 g/mol. The molecule has 0 bridgehead atoms. The van der Waals surface area contributed by atoms with E-state index in [1.807, 2.05) is 0 Å². The van der Waals surface area contributed by atoms with E-state index in [1.165, 1.54) is 13.4 Å². The summed E-state index contributed by atoms with van der Waals surface area (Å²) in [6, 6.07) is 10.4. The SMILES string of the molecule is COc1ccc(NC(=O)C2=Cc3cc(Cl)ccc3OC=C2)c(OC)c1. The van der Waals surface area contributed by atoms with Crippen molar-refractivity contribution in [2.45, 2.75) is 0 Å². The minimum Gasteiger partial charge on any atom is -0.497 e. The van der Waals surface area contributed by atoms with E-state index in [9.17, 15) is 4.79 Å². The molecule has 0 spiro atoms. The van der Waals surface area contributed by atoms with Crippen LogP contribution in [0.3, 0.4) is 0 Å². The third-order valence-corrected chi connectivity index (χ3v) is 3.88. The van der Waals surface area contributed by atoms with Crippen molar-refractivity contribution in [3.05, 3.63) is 64.9 Å². The second-order valence-corrected chi connectivity index (χ2v) is 5.66. The van der Waals surface area contributed by atoms with E-state index in [4.69, 9.17) is 25.8 Å². The lowest BCUT2D eigenvalue weighted by atomic mass is 10.1. The molecule has 25 heavy (non-hydrogen) atoms. The Bertz CT molecular complexity index is 874. The van der Waals surface area contributed by atoms with Crippen molar-refractivity contribution in [3.63, 3.8) is 0 Å². The van der Waals surface area contributed by atoms with Gasteiger partial charge in [0.25, 0.3) is 5.91 Å². The maximum Gasteiger partial charge on any atom is 0.255 e. The lowest BCUT2D eigenvalue weighted by molar-refractivity contribution is -0.112. The van der Waals surface area contributed by atoms with Gasteiger partial charge in [-0.1, -0.05) is 11.6 Å². The number of ether oxygens (including phenoxy) is 3. The summed E-state index contributed by atoms with van der Waals surface area (Å²) in [6.45, 7) is 0. The Morgan fingerprint density at radius 3 is 2.72 bits per heavy atom. The van der Waals surface area contributed by atoms with E-state index >= 15 is 0 Å². The van der Waals surface area contributed by atoms with Crippen LogP contribution in [0.25, 0.3) is 6.08 Å². The molecule has 1 heterocycles. The number of hydrogen-bond acceptors (Lipinski definition) is 4. The quantitative estimate of drug-likeness (QED) is 0.887. The van der Waals surface area contributed by atoms with E-state index in [0.717, 1.165) is 5.56 Å². The van der Waals surface area contributed by atoms with Crippen LogP contribution in [0.2, 0.25) is 5.02 Å². The Labute approximate surface area is 150 Å². The van der Waals surface area contributed by atoms with Crippen molar-refractivity contribution >= 4 is 29.3 Å². The number of methoxy groups -OCH3 is 2. The third kappa shape index (κ3) is 3.78. The summed E-state index contributed by atoms with van der Waals surface area (Å²) in [5.41, 5.74) is 1.70. The Kier molecular flexibility index (Phi) is 4.95. The predicted octanol–water partition coefficient (Wildman–Crippen LogP) is 4.29. The maximum atomic E-state index is 12.6. The Morgan fingerprint density at radius 2 is 1.96 bits per heavy atom. The summed E-state index contributed by atoms with van der Waals surface area (Å²) in [4.78, 5) is 12.6. The van der Waals surface area contributed by atoms with E-state index in [1.54, 1.807) is 55.7 Å². The summed E-state index contributed by atoms with van der Waals surface area (Å²) in [5, 5.41) is 3.39. The van der Waals surface area contributed by atoms with Gasteiger partial charge in [0.05, 0.1) is 26.2 Å². The molecule has 6 heteroatoms. The maximum absolute atomic E-state index is 12.6. The first-order valence-electron chi connectivity index (χ1n) is 7.48. The van der Waals surface area contributed by atoms with Crippen molar-refractivity contribution in [1.82, 2.24) is 0 Å². The van der Waals surface area contributed by atoms with Crippen molar-refractivity contribution in [1.29, 1.82) is 0 Å². The molecule has 2 aromatic carbocycles. The molecule has 0 aromatic heterocycles. The Morgan fingerprint density at radius 1 is 1.12 bits per heavy atom. The molecule has 0 radical (unpaired) electrons. The zero-order chi connectivity index (χ0) is 17.8. The van der Waals surface area contributed by atoms with E-state index in [0.29, 0.717) is 33.5 Å². The van der Waals surface area contributed by atoms with Crippen LogP contribution in [0.4, 0.5) is 5.69 Å². The minimum atomic E-state index is -0.295. The molecule has 0 saturated heterocycles. The summed E-state index contributed by atoms with van der Waals surface area (Å²) in [6.07, 6.45) is 4.78. The minimum absolute atomic E-state index is 0.295. The van der Waals surface area contributed by atoms with Crippen LogP contribution in [-0.2, 0) is 4.79 Å². The van der Waals surface area contributed by atoms with Gasteiger partial charge in [0.1, 0.15) is 17.2 Å². The van der Waals surface area contributed by atoms with Crippen LogP contribution in [0.15, 0.2) is 54.3 Å². The number of nitrogens with one attached hydrogen (secondary N) is 1. The highest BCUT2D eigenvalue weighted by Gasteiger charge is 2.15. The highest BCUT2D eigenvalue weighted by molar-refractivity contribution is 6.30. The van der Waals surface area contributed by atoms with Crippen molar-refractivity contribution < 1.29 is 19.0 Å². The number of hydrogen-bond donors (Lipinski definition) is 1. The number of benzene rings is 2. The van der Waals surface area contributed by atoms with Crippen LogP contribution >= 0.6 is 11.6 Å². The molecule has 5 nitrogen and oxygen atoms in total. The monoisotopic (exact) mass is 357 g/mol. The van der Waals surface area contributed by atoms with Crippen LogP contribution in [0, 0.1) is 0 Å². The molecule has 0 saturated carbocycles. The van der Waals surface area contributed by atoms with Crippen molar-refractivity contribution in [2.24, 2.45) is 0 Å². The van der Waals surface area contributed by atoms with Gasteiger partial charge in [0.15, 0.2) is 0 Å². The molecule has 2 aromatic rings. The number of anilines is 1. The van der Waals surface area contributed by atoms with Crippen LogP contribution in [0.5, 0.6) is 17.2 Å². The number of carbonyl (C=O) groups excluding carboxylic acids is 1. The number of rotatable bonds is 4. The number of carbonyl (C=O) groups is 1. The van der Waals surface area contributed by atoms with E-state index in [-0.39, 0.29) is 5.91 Å². The molecule has 1 amide bonds. The molecule has 0 fully saturated rings. The van der Waals surface area contributed by atoms with Gasteiger partial charge >= 0.3 is 0 Å². The van der Waals surface area contributed by atoms with Gasteiger partial charge in [0.2, 0.25) is 0 Å². The molecule has 1 aliphatic heterocycles. The van der Waals surface area contributed by atoms with Crippen LogP contribution in [-0.4, -0.2) is 20.1 Å². The lowest BCUT2D eigenvalue weighted by Gasteiger charge is -2.11. The normalized spacial score (nSPS) is 12.4. The average Bonchev–Trinajstić information content (AvgIpc) is 2.83. The van der Waals surface area contributed by atoms with Gasteiger partial charge in [-0.25, -0.2) is 0 Å². The molecule has 0 atom stereocenters. The Balaban J connectivity index is 1.88. The zero-order valence-corrected chi connectivity index (χ0v) is 14.5. The first kappa shape index (κ1) is 16.9. The summed E-state index contributed by atoms with van der Waals surface area (Å²) in [5.74, 6) is 1.48.